The van der Waals surface area contributed by atoms with E-state index < -0.39 is 5.82 Å². The average molecular weight is 279 g/mol. The second kappa shape index (κ2) is 7.70. The molecule has 0 atom stereocenters. The van der Waals surface area contributed by atoms with E-state index in [9.17, 15) is 9.18 Å². The number of ketones is 1. The number of Topliss-reactive ketones (excluding diaryl/α,β-unsaturated/α-hetero) is 1. The normalized spacial score (nSPS) is 9.47. The molecule has 0 saturated heterocycles. The molecule has 1 nitrogen and oxygen atoms in total. The van der Waals surface area contributed by atoms with E-state index in [-0.39, 0.29) is 17.8 Å². The fourth-order valence-electron chi connectivity index (χ4n) is 1.57. The van der Waals surface area contributed by atoms with E-state index in [4.69, 9.17) is 11.6 Å². The number of carbonyl (C=O) groups excluding carboxylic acids is 1. The molecule has 19 heavy (non-hydrogen) atoms. The van der Waals surface area contributed by atoms with Crippen LogP contribution in [0.15, 0.2) is 48.5 Å². The molecule has 0 fully saturated rings. The topological polar surface area (TPSA) is 17.1 Å². The van der Waals surface area contributed by atoms with E-state index in [0.717, 1.165) is 5.56 Å². The zero-order valence-electron chi connectivity index (χ0n) is 11.0. The first-order chi connectivity index (χ1) is 9.16. The van der Waals surface area contributed by atoms with Gasteiger partial charge in [0.1, 0.15) is 5.82 Å². The predicted octanol–water partition coefficient (Wildman–Crippen LogP) is 4.93. The van der Waals surface area contributed by atoms with Crippen molar-refractivity contribution in [3.63, 3.8) is 0 Å². The van der Waals surface area contributed by atoms with Crippen LogP contribution in [0.2, 0.25) is 5.02 Å². The first-order valence-corrected chi connectivity index (χ1v) is 6.57. The summed E-state index contributed by atoms with van der Waals surface area (Å²) in [6.07, 6.45) is 0.179. The summed E-state index contributed by atoms with van der Waals surface area (Å²) in [5.74, 6) is -0.711. The van der Waals surface area contributed by atoms with Crippen molar-refractivity contribution in [2.75, 3.05) is 0 Å². The Labute approximate surface area is 118 Å². The molecule has 2 aromatic rings. The van der Waals surface area contributed by atoms with Crippen molar-refractivity contribution in [3.05, 3.63) is 70.5 Å². The molecule has 0 aliphatic carbocycles. The number of rotatable bonds is 3. The van der Waals surface area contributed by atoms with Crippen molar-refractivity contribution >= 4 is 17.4 Å². The third-order valence-electron chi connectivity index (χ3n) is 2.45. The molecule has 2 rings (SSSR count). The second-order valence-electron chi connectivity index (χ2n) is 3.71. The van der Waals surface area contributed by atoms with Gasteiger partial charge in [0.05, 0.1) is 5.56 Å². The molecule has 0 amide bonds. The Morgan fingerprint density at radius 1 is 1.05 bits per heavy atom. The van der Waals surface area contributed by atoms with Gasteiger partial charge >= 0.3 is 0 Å². The number of carbonyl (C=O) groups is 1. The van der Waals surface area contributed by atoms with Crippen LogP contribution < -0.4 is 0 Å². The molecule has 0 radical (unpaired) electrons. The molecule has 100 valence electrons. The maximum atomic E-state index is 13.4. The van der Waals surface area contributed by atoms with Crippen LogP contribution in [-0.4, -0.2) is 5.78 Å². The summed E-state index contributed by atoms with van der Waals surface area (Å²) >= 11 is 5.75. The fourth-order valence-corrected chi connectivity index (χ4v) is 1.70. The summed E-state index contributed by atoms with van der Waals surface area (Å²) in [7, 11) is 0. The lowest BCUT2D eigenvalue weighted by molar-refractivity contribution is 0.0989. The van der Waals surface area contributed by atoms with E-state index >= 15 is 0 Å². The minimum atomic E-state index is -0.480. The number of hydrogen-bond acceptors (Lipinski definition) is 1. The Hall–Kier alpha value is -1.67. The van der Waals surface area contributed by atoms with Crippen molar-refractivity contribution in [2.24, 2.45) is 0 Å². The largest absolute Gasteiger partial charge is 0.294 e. The van der Waals surface area contributed by atoms with Gasteiger partial charge in [-0.05, 0) is 29.8 Å². The van der Waals surface area contributed by atoms with Crippen LogP contribution in [0.5, 0.6) is 0 Å². The Morgan fingerprint density at radius 2 is 1.63 bits per heavy atom. The van der Waals surface area contributed by atoms with Gasteiger partial charge in [-0.15, -0.1) is 0 Å². The highest BCUT2D eigenvalue weighted by molar-refractivity contribution is 6.30. The molecule has 0 aliphatic rings. The maximum absolute atomic E-state index is 13.4. The Bertz CT molecular complexity index is 535. The first-order valence-electron chi connectivity index (χ1n) is 6.19. The lowest BCUT2D eigenvalue weighted by Gasteiger charge is -2.02. The highest BCUT2D eigenvalue weighted by Gasteiger charge is 2.11. The van der Waals surface area contributed by atoms with Crippen LogP contribution >= 0.6 is 11.6 Å². The standard InChI is InChI=1S/C14H10ClFO.C2H6/c15-11-7-5-10(6-8-11)9-14(17)12-3-1-2-4-13(12)16;1-2/h1-8H,9H2;1-2H3. The van der Waals surface area contributed by atoms with Gasteiger partial charge in [-0.1, -0.05) is 49.7 Å². The molecule has 0 saturated carbocycles. The van der Waals surface area contributed by atoms with E-state index in [2.05, 4.69) is 0 Å². The fraction of sp³-hybridized carbons (Fsp3) is 0.188. The van der Waals surface area contributed by atoms with Crippen molar-refractivity contribution in [1.29, 1.82) is 0 Å². The van der Waals surface area contributed by atoms with E-state index in [1.165, 1.54) is 12.1 Å². The van der Waals surface area contributed by atoms with Gasteiger partial charge in [-0.2, -0.15) is 0 Å². The van der Waals surface area contributed by atoms with Crippen molar-refractivity contribution in [2.45, 2.75) is 20.3 Å². The zero-order chi connectivity index (χ0) is 14.3. The van der Waals surface area contributed by atoms with Crippen LogP contribution in [0.4, 0.5) is 4.39 Å². The summed E-state index contributed by atoms with van der Waals surface area (Å²) in [6, 6.07) is 13.0. The van der Waals surface area contributed by atoms with Gasteiger partial charge in [0.2, 0.25) is 0 Å². The summed E-state index contributed by atoms with van der Waals surface area (Å²) in [4.78, 5) is 11.8. The molecule has 3 heteroatoms. The quantitative estimate of drug-likeness (QED) is 0.728. The van der Waals surface area contributed by atoms with Gasteiger partial charge in [0.25, 0.3) is 0 Å². The van der Waals surface area contributed by atoms with Crippen molar-refractivity contribution in [1.82, 2.24) is 0 Å². The molecule has 0 bridgehead atoms. The molecular weight excluding hydrogens is 263 g/mol. The summed E-state index contributed by atoms with van der Waals surface area (Å²) < 4.78 is 13.4. The van der Waals surface area contributed by atoms with Crippen LogP contribution in [0, 0.1) is 5.82 Å². The second-order valence-corrected chi connectivity index (χ2v) is 4.14. The first kappa shape index (κ1) is 15.4. The third-order valence-corrected chi connectivity index (χ3v) is 2.70. The molecule has 0 N–H and O–H groups in total. The maximum Gasteiger partial charge on any atom is 0.170 e. The average Bonchev–Trinajstić information content (AvgIpc) is 2.44. The number of benzene rings is 2. The molecule has 0 unspecified atom stereocenters. The molecule has 0 heterocycles. The van der Waals surface area contributed by atoms with E-state index in [0.29, 0.717) is 5.02 Å². The van der Waals surface area contributed by atoms with Gasteiger partial charge in [0, 0.05) is 11.4 Å². The van der Waals surface area contributed by atoms with Crippen molar-refractivity contribution < 1.29 is 9.18 Å². The lowest BCUT2D eigenvalue weighted by atomic mass is 10.0. The monoisotopic (exact) mass is 278 g/mol. The van der Waals surface area contributed by atoms with Gasteiger partial charge < -0.3 is 0 Å². The van der Waals surface area contributed by atoms with Gasteiger partial charge in [-0.3, -0.25) is 4.79 Å². The van der Waals surface area contributed by atoms with Crippen LogP contribution in [-0.2, 0) is 6.42 Å². The van der Waals surface area contributed by atoms with Gasteiger partial charge in [0.15, 0.2) is 5.78 Å². The summed E-state index contributed by atoms with van der Waals surface area (Å²) in [5, 5.41) is 0.618. The smallest absolute Gasteiger partial charge is 0.170 e. The molecule has 0 aromatic heterocycles. The Morgan fingerprint density at radius 3 is 2.21 bits per heavy atom. The lowest BCUT2D eigenvalue weighted by Crippen LogP contribution is -2.05. The molecular formula is C16H16ClFO. The van der Waals surface area contributed by atoms with E-state index in [1.807, 2.05) is 13.8 Å². The zero-order valence-corrected chi connectivity index (χ0v) is 11.7. The molecule has 0 spiro atoms. The summed E-state index contributed by atoms with van der Waals surface area (Å²) in [5.41, 5.74) is 0.949. The predicted molar refractivity (Wildman–Crippen MR) is 77.2 cm³/mol. The highest BCUT2D eigenvalue weighted by Crippen LogP contribution is 2.14. The number of hydrogen-bond donors (Lipinski definition) is 0. The minimum Gasteiger partial charge on any atom is -0.294 e. The third kappa shape index (κ3) is 4.49. The van der Waals surface area contributed by atoms with Crippen LogP contribution in [0.3, 0.4) is 0 Å². The highest BCUT2D eigenvalue weighted by atomic mass is 35.5. The Kier molecular flexibility index (Phi) is 6.23. The molecule has 2 aromatic carbocycles. The minimum absolute atomic E-state index is 0.127. The van der Waals surface area contributed by atoms with E-state index in [1.54, 1.807) is 36.4 Å². The number of halogens is 2. The Balaban J connectivity index is 0.000000861. The van der Waals surface area contributed by atoms with Crippen LogP contribution in [0.1, 0.15) is 29.8 Å². The van der Waals surface area contributed by atoms with Gasteiger partial charge in [-0.25, -0.2) is 4.39 Å². The molecule has 0 aliphatic heterocycles. The SMILES string of the molecule is CC.O=C(Cc1ccc(Cl)cc1)c1ccccc1F. The van der Waals surface area contributed by atoms with Crippen LogP contribution in [0.25, 0.3) is 0 Å². The summed E-state index contributed by atoms with van der Waals surface area (Å²) in [6.45, 7) is 4.00. The van der Waals surface area contributed by atoms with Crippen molar-refractivity contribution in [3.8, 4) is 0 Å².